The van der Waals surface area contributed by atoms with Crippen LogP contribution in [0.5, 0.6) is 5.88 Å². The number of carbonyl (C=O) groups is 1. The quantitative estimate of drug-likeness (QED) is 0.447. The van der Waals surface area contributed by atoms with Crippen molar-refractivity contribution >= 4 is 11.6 Å². The number of rotatable bonds is 5. The van der Waals surface area contributed by atoms with E-state index in [4.69, 9.17) is 0 Å². The minimum absolute atomic E-state index is 0.0444. The first-order valence-corrected chi connectivity index (χ1v) is 8.32. The Morgan fingerprint density at radius 1 is 1.18 bits per heavy atom. The van der Waals surface area contributed by atoms with Crippen LogP contribution in [0.1, 0.15) is 28.4 Å². The number of nitrogens with zero attached hydrogens (tertiary/aromatic N) is 3. The lowest BCUT2D eigenvalue weighted by atomic mass is 10.2. The van der Waals surface area contributed by atoms with Crippen LogP contribution < -0.4 is 16.7 Å². The third kappa shape index (κ3) is 4.04. The van der Waals surface area contributed by atoms with Crippen molar-refractivity contribution in [2.24, 2.45) is 5.10 Å². The van der Waals surface area contributed by atoms with Crippen LogP contribution in [0.3, 0.4) is 0 Å². The molecule has 2 aromatic heterocycles. The molecule has 0 radical (unpaired) electrons. The van der Waals surface area contributed by atoms with E-state index in [1.165, 1.54) is 31.5 Å². The average Bonchev–Trinajstić information content (AvgIpc) is 2.70. The maximum atomic E-state index is 12.2. The zero-order valence-electron chi connectivity index (χ0n) is 14.9. The van der Waals surface area contributed by atoms with Crippen LogP contribution in [0.2, 0.25) is 0 Å². The second-order valence-corrected chi connectivity index (χ2v) is 5.90. The number of hydrazone groups is 1. The maximum absolute atomic E-state index is 12.2. The zero-order valence-corrected chi connectivity index (χ0v) is 14.9. The van der Waals surface area contributed by atoms with Gasteiger partial charge in [0.1, 0.15) is 5.56 Å². The Kier molecular flexibility index (Phi) is 5.45. The molecule has 0 unspecified atom stereocenters. The molecule has 0 bridgehead atoms. The van der Waals surface area contributed by atoms with E-state index in [9.17, 15) is 19.5 Å². The summed E-state index contributed by atoms with van der Waals surface area (Å²) in [7, 11) is 0. The monoisotopic (exact) mass is 379 g/mol. The summed E-state index contributed by atoms with van der Waals surface area (Å²) in [6.45, 7) is 1.50. The lowest BCUT2D eigenvalue weighted by Crippen LogP contribution is -2.34. The van der Waals surface area contributed by atoms with Gasteiger partial charge in [-0.3, -0.25) is 24.1 Å². The van der Waals surface area contributed by atoms with Gasteiger partial charge in [-0.2, -0.15) is 5.10 Å². The summed E-state index contributed by atoms with van der Waals surface area (Å²) < 4.78 is 1.02. The molecule has 0 saturated heterocycles. The van der Waals surface area contributed by atoms with Crippen molar-refractivity contribution in [3.8, 4) is 5.88 Å². The van der Waals surface area contributed by atoms with E-state index < -0.39 is 23.0 Å². The van der Waals surface area contributed by atoms with Gasteiger partial charge in [0.25, 0.3) is 11.5 Å². The Morgan fingerprint density at radius 3 is 2.54 bits per heavy atom. The number of hydrogen-bond acceptors (Lipinski definition) is 6. The van der Waals surface area contributed by atoms with Crippen LogP contribution in [-0.4, -0.2) is 31.3 Å². The van der Waals surface area contributed by atoms with E-state index in [0.717, 1.165) is 10.1 Å². The van der Waals surface area contributed by atoms with Gasteiger partial charge in [0.2, 0.25) is 5.88 Å². The Morgan fingerprint density at radius 2 is 1.86 bits per heavy atom. The fraction of sp³-hybridized carbons (Fsp3) is 0.105. The van der Waals surface area contributed by atoms with Crippen LogP contribution in [-0.2, 0) is 6.54 Å². The molecule has 9 heteroatoms. The zero-order chi connectivity index (χ0) is 20.1. The molecule has 0 spiro atoms. The van der Waals surface area contributed by atoms with E-state index in [2.05, 4.69) is 20.5 Å². The van der Waals surface area contributed by atoms with Crippen LogP contribution in [0.15, 0.2) is 69.5 Å². The van der Waals surface area contributed by atoms with E-state index >= 15 is 0 Å². The predicted octanol–water partition coefficient (Wildman–Crippen LogP) is 0.840. The molecule has 0 aliphatic carbocycles. The molecule has 28 heavy (non-hydrogen) atoms. The molecule has 142 valence electrons. The Balaban J connectivity index is 1.92. The van der Waals surface area contributed by atoms with Crippen molar-refractivity contribution in [1.29, 1.82) is 0 Å². The van der Waals surface area contributed by atoms with E-state index in [0.29, 0.717) is 5.56 Å². The van der Waals surface area contributed by atoms with Gasteiger partial charge >= 0.3 is 5.69 Å². The lowest BCUT2D eigenvalue weighted by Gasteiger charge is -2.11. The molecule has 1 aromatic carbocycles. The molecule has 0 fully saturated rings. The number of amides is 1. The van der Waals surface area contributed by atoms with Gasteiger partial charge in [-0.1, -0.05) is 30.3 Å². The van der Waals surface area contributed by atoms with E-state index in [-0.39, 0.29) is 17.8 Å². The molecule has 3 N–H and O–H groups in total. The number of nitrogens with one attached hydrogen (secondary N) is 2. The summed E-state index contributed by atoms with van der Waals surface area (Å²) >= 11 is 0. The summed E-state index contributed by atoms with van der Waals surface area (Å²) in [5, 5.41) is 14.4. The van der Waals surface area contributed by atoms with Crippen LogP contribution in [0.25, 0.3) is 0 Å². The fourth-order valence-electron chi connectivity index (χ4n) is 2.56. The summed E-state index contributed by atoms with van der Waals surface area (Å²) in [6.07, 6.45) is 2.92. The first kappa shape index (κ1) is 18.8. The second kappa shape index (κ2) is 8.12. The molecular formula is C19H17N5O4. The Bertz CT molecular complexity index is 1130. The third-order valence-corrected chi connectivity index (χ3v) is 3.98. The number of aromatic hydroxyl groups is 1. The van der Waals surface area contributed by atoms with Gasteiger partial charge in [0.05, 0.1) is 12.3 Å². The second-order valence-electron chi connectivity index (χ2n) is 5.90. The Hall–Kier alpha value is -4.01. The number of aromatic nitrogens is 3. The van der Waals surface area contributed by atoms with Crippen molar-refractivity contribution in [2.45, 2.75) is 13.5 Å². The number of benzene rings is 1. The molecule has 1 amide bonds. The smallest absolute Gasteiger partial charge is 0.331 e. The molecular weight excluding hydrogens is 362 g/mol. The van der Waals surface area contributed by atoms with Gasteiger partial charge in [0.15, 0.2) is 0 Å². The number of hydrogen-bond donors (Lipinski definition) is 3. The molecule has 0 saturated carbocycles. The van der Waals surface area contributed by atoms with E-state index in [1.54, 1.807) is 24.3 Å². The highest BCUT2D eigenvalue weighted by Crippen LogP contribution is 2.13. The standard InChI is InChI=1S/C19H17N5O4/c1-12(22-23-16(25)14-7-9-20-10-8-14)15-17(26)21-19(28)24(18(15)27)11-13-5-3-2-4-6-13/h2-10,27H,11H2,1H3,(H,23,25)(H,21,26,28)/b22-12+. The van der Waals surface area contributed by atoms with Gasteiger partial charge in [0, 0.05) is 18.0 Å². The first-order chi connectivity index (χ1) is 13.5. The number of carbonyl (C=O) groups excluding carboxylic acids is 1. The van der Waals surface area contributed by atoms with Crippen LogP contribution in [0, 0.1) is 0 Å². The molecule has 9 nitrogen and oxygen atoms in total. The average molecular weight is 379 g/mol. The van der Waals surface area contributed by atoms with Gasteiger partial charge in [-0.05, 0) is 24.6 Å². The Labute approximate surface area is 159 Å². The maximum Gasteiger partial charge on any atom is 0.331 e. The largest absolute Gasteiger partial charge is 0.494 e. The van der Waals surface area contributed by atoms with Crippen molar-refractivity contribution in [3.63, 3.8) is 0 Å². The number of pyridine rings is 1. The van der Waals surface area contributed by atoms with Crippen molar-refractivity contribution in [2.75, 3.05) is 0 Å². The van der Waals surface area contributed by atoms with Gasteiger partial charge in [-0.15, -0.1) is 0 Å². The molecule has 2 heterocycles. The molecule has 3 aromatic rings. The highest BCUT2D eigenvalue weighted by Gasteiger charge is 2.17. The fourth-order valence-corrected chi connectivity index (χ4v) is 2.56. The summed E-state index contributed by atoms with van der Waals surface area (Å²) in [5.74, 6) is -1.03. The third-order valence-electron chi connectivity index (χ3n) is 3.98. The van der Waals surface area contributed by atoms with Crippen molar-refractivity contribution in [1.82, 2.24) is 20.0 Å². The SMILES string of the molecule is C/C(=N\NC(=O)c1ccncc1)c1c(O)n(Cc2ccccc2)c(=O)[nH]c1=O. The molecule has 3 rings (SSSR count). The first-order valence-electron chi connectivity index (χ1n) is 8.32. The van der Waals surface area contributed by atoms with Crippen LogP contribution >= 0.6 is 0 Å². The summed E-state index contributed by atoms with van der Waals surface area (Å²) in [6, 6.07) is 12.0. The lowest BCUT2D eigenvalue weighted by molar-refractivity contribution is 0.0954. The topological polar surface area (TPSA) is 129 Å². The molecule has 0 aliphatic heterocycles. The van der Waals surface area contributed by atoms with Gasteiger partial charge < -0.3 is 5.11 Å². The summed E-state index contributed by atoms with van der Waals surface area (Å²) in [5.41, 5.74) is 1.69. The van der Waals surface area contributed by atoms with Crippen molar-refractivity contribution in [3.05, 3.63) is 92.4 Å². The summed E-state index contributed by atoms with van der Waals surface area (Å²) in [4.78, 5) is 42.4. The van der Waals surface area contributed by atoms with E-state index in [1.807, 2.05) is 6.07 Å². The minimum atomic E-state index is -0.800. The van der Waals surface area contributed by atoms with Gasteiger partial charge in [-0.25, -0.2) is 10.2 Å². The van der Waals surface area contributed by atoms with Crippen molar-refractivity contribution < 1.29 is 9.90 Å². The van der Waals surface area contributed by atoms with Crippen LogP contribution in [0.4, 0.5) is 0 Å². The highest BCUT2D eigenvalue weighted by atomic mass is 16.3. The highest BCUT2D eigenvalue weighted by molar-refractivity contribution is 6.02. The number of aromatic amines is 1. The minimum Gasteiger partial charge on any atom is -0.494 e. The predicted molar refractivity (Wildman–Crippen MR) is 102 cm³/mol. The molecule has 0 atom stereocenters. The number of H-pyrrole nitrogens is 1. The molecule has 0 aliphatic rings. The normalized spacial score (nSPS) is 11.2.